The summed E-state index contributed by atoms with van der Waals surface area (Å²) in [6, 6.07) is 12.8. The first-order chi connectivity index (χ1) is 10.1. The molecule has 0 aliphatic rings. The number of benzene rings is 2. The molecule has 1 atom stereocenters. The van der Waals surface area contributed by atoms with E-state index in [4.69, 9.17) is 9.47 Å². The average molecular weight is 289 g/mol. The van der Waals surface area contributed by atoms with Crippen LogP contribution >= 0.6 is 0 Å². The van der Waals surface area contributed by atoms with Gasteiger partial charge in [0.15, 0.2) is 0 Å². The summed E-state index contributed by atoms with van der Waals surface area (Å²) in [6.45, 7) is -0.00562. The Labute approximate surface area is 121 Å². The molecule has 0 bridgehead atoms. The number of aliphatic hydroxyl groups excluding tert-OH is 1. The van der Waals surface area contributed by atoms with E-state index in [1.54, 1.807) is 37.4 Å². The summed E-state index contributed by atoms with van der Waals surface area (Å²) in [5.74, 6) is 1.20. The van der Waals surface area contributed by atoms with Gasteiger partial charge >= 0.3 is 0 Å². The Morgan fingerprint density at radius 1 is 1.19 bits per heavy atom. The van der Waals surface area contributed by atoms with Gasteiger partial charge in [0.2, 0.25) is 0 Å². The van der Waals surface area contributed by atoms with Crippen molar-refractivity contribution in [3.63, 3.8) is 0 Å². The monoisotopic (exact) mass is 289 g/mol. The molecule has 0 aliphatic heterocycles. The zero-order chi connectivity index (χ0) is 15.2. The molecule has 110 valence electrons. The molecule has 0 heterocycles. The highest BCUT2D eigenvalue weighted by molar-refractivity contribution is 5.36. The first kappa shape index (κ1) is 14.8. The third-order valence-corrected chi connectivity index (χ3v) is 2.91. The van der Waals surface area contributed by atoms with Crippen LogP contribution in [0.2, 0.25) is 0 Å². The van der Waals surface area contributed by atoms with Crippen LogP contribution in [0.15, 0.2) is 48.5 Å². The Balaban J connectivity index is 2.02. The highest BCUT2D eigenvalue weighted by Gasteiger charge is 2.13. The molecular weight excluding hydrogens is 274 g/mol. The maximum atomic E-state index is 10.7. The molecule has 6 nitrogen and oxygen atoms in total. The number of non-ortho nitro benzene ring substituents is 1. The highest BCUT2D eigenvalue weighted by atomic mass is 16.6. The van der Waals surface area contributed by atoms with Gasteiger partial charge in [0.05, 0.1) is 12.0 Å². The summed E-state index contributed by atoms with van der Waals surface area (Å²) >= 11 is 0. The molecule has 1 N–H and O–H groups in total. The number of nitrogens with zero attached hydrogens (tertiary/aromatic N) is 1. The van der Waals surface area contributed by atoms with Crippen LogP contribution in [0.5, 0.6) is 11.5 Å². The first-order valence-electron chi connectivity index (χ1n) is 6.29. The minimum absolute atomic E-state index is 0.00562. The quantitative estimate of drug-likeness (QED) is 0.653. The smallest absolute Gasteiger partial charge is 0.269 e. The van der Waals surface area contributed by atoms with Gasteiger partial charge in [-0.05, 0) is 17.7 Å². The summed E-state index contributed by atoms with van der Waals surface area (Å²) in [4.78, 5) is 10.2. The zero-order valence-corrected chi connectivity index (χ0v) is 11.4. The minimum atomic E-state index is -0.948. The van der Waals surface area contributed by atoms with Crippen LogP contribution in [-0.4, -0.2) is 23.7 Å². The normalized spacial score (nSPS) is 11.7. The van der Waals surface area contributed by atoms with E-state index < -0.39 is 11.0 Å². The SMILES string of the molecule is COc1cccc(OCC(O)c2cccc([N+](=O)[O-])c2)c1. The fourth-order valence-electron chi connectivity index (χ4n) is 1.81. The van der Waals surface area contributed by atoms with E-state index in [0.29, 0.717) is 17.1 Å². The Morgan fingerprint density at radius 3 is 2.62 bits per heavy atom. The fourth-order valence-corrected chi connectivity index (χ4v) is 1.81. The number of methoxy groups -OCH3 is 1. The van der Waals surface area contributed by atoms with Crippen molar-refractivity contribution < 1.29 is 19.5 Å². The van der Waals surface area contributed by atoms with Gasteiger partial charge in [0.1, 0.15) is 24.2 Å². The zero-order valence-electron chi connectivity index (χ0n) is 11.4. The van der Waals surface area contributed by atoms with E-state index in [9.17, 15) is 15.2 Å². The van der Waals surface area contributed by atoms with Crippen molar-refractivity contribution in [3.8, 4) is 11.5 Å². The molecule has 0 saturated carbocycles. The van der Waals surface area contributed by atoms with Gasteiger partial charge in [0.25, 0.3) is 5.69 Å². The molecule has 21 heavy (non-hydrogen) atoms. The minimum Gasteiger partial charge on any atom is -0.497 e. The number of ether oxygens (including phenoxy) is 2. The van der Waals surface area contributed by atoms with Gasteiger partial charge in [-0.1, -0.05) is 18.2 Å². The van der Waals surface area contributed by atoms with Gasteiger partial charge in [-0.2, -0.15) is 0 Å². The third-order valence-electron chi connectivity index (χ3n) is 2.91. The van der Waals surface area contributed by atoms with Crippen molar-refractivity contribution in [2.24, 2.45) is 0 Å². The fraction of sp³-hybridized carbons (Fsp3) is 0.200. The van der Waals surface area contributed by atoms with E-state index in [-0.39, 0.29) is 12.3 Å². The van der Waals surface area contributed by atoms with E-state index in [1.807, 2.05) is 0 Å². The van der Waals surface area contributed by atoms with Gasteiger partial charge in [-0.25, -0.2) is 0 Å². The third kappa shape index (κ3) is 3.93. The van der Waals surface area contributed by atoms with Gasteiger partial charge in [-0.15, -0.1) is 0 Å². The molecule has 0 saturated heterocycles. The maximum absolute atomic E-state index is 10.7. The number of hydrogen-bond donors (Lipinski definition) is 1. The predicted molar refractivity (Wildman–Crippen MR) is 76.5 cm³/mol. The molecule has 0 amide bonds. The second kappa shape index (κ2) is 6.71. The van der Waals surface area contributed by atoms with Crippen LogP contribution in [0, 0.1) is 10.1 Å². The lowest BCUT2D eigenvalue weighted by Gasteiger charge is -2.13. The second-order valence-corrected chi connectivity index (χ2v) is 4.36. The van der Waals surface area contributed by atoms with Crippen LogP contribution < -0.4 is 9.47 Å². The molecule has 6 heteroatoms. The lowest BCUT2D eigenvalue weighted by molar-refractivity contribution is -0.385. The van der Waals surface area contributed by atoms with Crippen molar-refractivity contribution in [1.29, 1.82) is 0 Å². The van der Waals surface area contributed by atoms with E-state index in [2.05, 4.69) is 0 Å². The largest absolute Gasteiger partial charge is 0.497 e. The Morgan fingerprint density at radius 2 is 1.90 bits per heavy atom. The summed E-state index contributed by atoms with van der Waals surface area (Å²) < 4.78 is 10.5. The van der Waals surface area contributed by atoms with Crippen molar-refractivity contribution in [2.75, 3.05) is 13.7 Å². The topological polar surface area (TPSA) is 81.8 Å². The van der Waals surface area contributed by atoms with E-state index in [0.717, 1.165) is 0 Å². The van der Waals surface area contributed by atoms with Crippen molar-refractivity contribution in [2.45, 2.75) is 6.10 Å². The number of hydrogen-bond acceptors (Lipinski definition) is 5. The Kier molecular flexibility index (Phi) is 4.73. The number of nitro benzene ring substituents is 1. The van der Waals surface area contributed by atoms with Crippen molar-refractivity contribution in [3.05, 3.63) is 64.2 Å². The Hall–Kier alpha value is -2.60. The molecule has 0 aromatic heterocycles. The van der Waals surface area contributed by atoms with Crippen LogP contribution in [0.3, 0.4) is 0 Å². The standard InChI is InChI=1S/C15H15NO5/c1-20-13-6-3-7-14(9-13)21-10-15(17)11-4-2-5-12(8-11)16(18)19/h2-9,15,17H,10H2,1H3. The van der Waals surface area contributed by atoms with Crippen molar-refractivity contribution >= 4 is 5.69 Å². The Bertz CT molecular complexity index is 629. The summed E-state index contributed by atoms with van der Waals surface area (Å²) in [7, 11) is 1.55. The van der Waals surface area contributed by atoms with Crippen LogP contribution in [-0.2, 0) is 0 Å². The van der Waals surface area contributed by atoms with Crippen LogP contribution in [0.4, 0.5) is 5.69 Å². The maximum Gasteiger partial charge on any atom is 0.269 e. The number of nitro groups is 1. The van der Waals surface area contributed by atoms with Crippen LogP contribution in [0.25, 0.3) is 0 Å². The van der Waals surface area contributed by atoms with Crippen molar-refractivity contribution in [1.82, 2.24) is 0 Å². The lowest BCUT2D eigenvalue weighted by atomic mass is 10.1. The lowest BCUT2D eigenvalue weighted by Crippen LogP contribution is -2.10. The van der Waals surface area contributed by atoms with E-state index >= 15 is 0 Å². The molecule has 0 radical (unpaired) electrons. The first-order valence-corrected chi connectivity index (χ1v) is 6.29. The number of rotatable bonds is 6. The van der Waals surface area contributed by atoms with Gasteiger partial charge < -0.3 is 14.6 Å². The van der Waals surface area contributed by atoms with Crippen LogP contribution in [0.1, 0.15) is 11.7 Å². The summed E-state index contributed by atoms with van der Waals surface area (Å²) in [5.41, 5.74) is 0.375. The molecule has 2 aromatic rings. The molecule has 0 fully saturated rings. The summed E-state index contributed by atoms with van der Waals surface area (Å²) in [6.07, 6.45) is -0.948. The second-order valence-electron chi connectivity index (χ2n) is 4.36. The molecule has 0 aliphatic carbocycles. The molecule has 0 spiro atoms. The average Bonchev–Trinajstić information content (AvgIpc) is 2.53. The molecule has 1 unspecified atom stereocenters. The van der Waals surface area contributed by atoms with E-state index in [1.165, 1.54) is 18.2 Å². The molecular formula is C15H15NO5. The summed E-state index contributed by atoms with van der Waals surface area (Å²) in [5, 5.41) is 20.7. The molecule has 2 aromatic carbocycles. The van der Waals surface area contributed by atoms with Gasteiger partial charge in [-0.3, -0.25) is 10.1 Å². The predicted octanol–water partition coefficient (Wildman–Crippen LogP) is 2.72. The number of aliphatic hydroxyl groups is 1. The molecule has 2 rings (SSSR count). The van der Waals surface area contributed by atoms with Gasteiger partial charge in [0, 0.05) is 18.2 Å². The highest BCUT2D eigenvalue weighted by Crippen LogP contribution is 2.22.